The predicted molar refractivity (Wildman–Crippen MR) is 104 cm³/mol. The largest absolute Gasteiger partial charge is 0.310 e. The molecule has 1 saturated carbocycles. The molecule has 1 N–H and O–H groups in total. The fourth-order valence-electron chi connectivity index (χ4n) is 2.89. The molecular formula is C19H11Cl3F2N2O. The maximum absolute atomic E-state index is 14.9. The molecule has 4 rings (SSSR count). The summed E-state index contributed by atoms with van der Waals surface area (Å²) in [7, 11) is 0. The smallest absolute Gasteiger partial charge is 0.231 e. The topological polar surface area (TPSA) is 42.0 Å². The zero-order valence-corrected chi connectivity index (χ0v) is 15.8. The van der Waals surface area contributed by atoms with Crippen molar-refractivity contribution in [2.75, 3.05) is 5.32 Å². The second-order valence-electron chi connectivity index (χ2n) is 6.29. The van der Waals surface area contributed by atoms with Crippen LogP contribution >= 0.6 is 34.8 Å². The molecule has 0 bridgehead atoms. The first kappa shape index (κ1) is 18.4. The number of carbonyl (C=O) groups is 1. The fourth-order valence-corrected chi connectivity index (χ4v) is 3.75. The summed E-state index contributed by atoms with van der Waals surface area (Å²) < 4.78 is 27.9. The Morgan fingerprint density at radius 2 is 1.85 bits per heavy atom. The lowest BCUT2D eigenvalue weighted by Crippen LogP contribution is -2.15. The van der Waals surface area contributed by atoms with Crippen molar-refractivity contribution in [1.29, 1.82) is 0 Å². The van der Waals surface area contributed by atoms with Gasteiger partial charge in [0.25, 0.3) is 0 Å². The van der Waals surface area contributed by atoms with Crippen LogP contribution in [-0.2, 0) is 4.79 Å². The van der Waals surface area contributed by atoms with E-state index in [0.717, 1.165) is 0 Å². The lowest BCUT2D eigenvalue weighted by molar-refractivity contribution is -0.117. The first-order valence-corrected chi connectivity index (χ1v) is 9.17. The van der Waals surface area contributed by atoms with Crippen LogP contribution < -0.4 is 5.32 Å². The molecule has 3 nitrogen and oxygen atoms in total. The number of nitrogens with one attached hydrogen (secondary N) is 1. The van der Waals surface area contributed by atoms with Gasteiger partial charge in [0, 0.05) is 32.8 Å². The van der Waals surface area contributed by atoms with Gasteiger partial charge in [-0.1, -0.05) is 40.9 Å². The number of amides is 1. The van der Waals surface area contributed by atoms with Crippen LogP contribution in [0.25, 0.3) is 21.9 Å². The molecule has 1 fully saturated rings. The SMILES string of the molecule is O=C(Nc1cc2cc(-c3c(Cl)cccc3Cl)c(F)c(Cl)c2cn1)C1CC1F. The molecule has 0 radical (unpaired) electrons. The van der Waals surface area contributed by atoms with Gasteiger partial charge in [0.1, 0.15) is 17.8 Å². The number of hydrogen-bond donors (Lipinski definition) is 1. The van der Waals surface area contributed by atoms with Gasteiger partial charge in [-0.25, -0.2) is 13.8 Å². The maximum Gasteiger partial charge on any atom is 0.231 e. The van der Waals surface area contributed by atoms with Crippen molar-refractivity contribution in [3.63, 3.8) is 0 Å². The minimum atomic E-state index is -1.11. The monoisotopic (exact) mass is 426 g/mol. The van der Waals surface area contributed by atoms with Crippen LogP contribution in [0.2, 0.25) is 15.1 Å². The van der Waals surface area contributed by atoms with Crippen molar-refractivity contribution < 1.29 is 13.6 Å². The van der Waals surface area contributed by atoms with Gasteiger partial charge in [0.2, 0.25) is 5.91 Å². The number of aromatic nitrogens is 1. The molecule has 1 heterocycles. The van der Waals surface area contributed by atoms with Gasteiger partial charge in [-0.2, -0.15) is 0 Å². The molecule has 1 aliphatic carbocycles. The van der Waals surface area contributed by atoms with Crippen LogP contribution in [0.1, 0.15) is 6.42 Å². The number of halogens is 5. The highest BCUT2D eigenvalue weighted by Crippen LogP contribution is 2.41. The van der Waals surface area contributed by atoms with Crippen molar-refractivity contribution >= 4 is 57.3 Å². The lowest BCUT2D eigenvalue weighted by Gasteiger charge is -2.12. The summed E-state index contributed by atoms with van der Waals surface area (Å²) >= 11 is 18.6. The summed E-state index contributed by atoms with van der Waals surface area (Å²) in [6.07, 6.45) is 0.461. The van der Waals surface area contributed by atoms with E-state index in [1.807, 2.05) is 0 Å². The van der Waals surface area contributed by atoms with E-state index >= 15 is 0 Å². The first-order valence-electron chi connectivity index (χ1n) is 8.04. The van der Waals surface area contributed by atoms with E-state index in [2.05, 4.69) is 10.3 Å². The quantitative estimate of drug-likeness (QED) is 0.533. The van der Waals surface area contributed by atoms with Crippen molar-refractivity contribution in [2.45, 2.75) is 12.6 Å². The van der Waals surface area contributed by atoms with Crippen LogP contribution in [0, 0.1) is 11.7 Å². The third-order valence-corrected chi connectivity index (χ3v) is 5.43. The Hall–Kier alpha value is -1.95. The fraction of sp³-hybridized carbons (Fsp3) is 0.158. The van der Waals surface area contributed by atoms with Gasteiger partial charge in [0.05, 0.1) is 10.9 Å². The minimum absolute atomic E-state index is 0.130. The van der Waals surface area contributed by atoms with E-state index in [1.165, 1.54) is 12.3 Å². The van der Waals surface area contributed by atoms with Crippen LogP contribution in [0.3, 0.4) is 0 Å². The number of alkyl halides is 1. The van der Waals surface area contributed by atoms with Crippen LogP contribution in [0.5, 0.6) is 0 Å². The normalized spacial score (nSPS) is 18.6. The molecule has 3 aromatic rings. The third-order valence-electron chi connectivity index (χ3n) is 4.43. The number of anilines is 1. The Kier molecular flexibility index (Phi) is 4.70. The summed E-state index contributed by atoms with van der Waals surface area (Å²) in [5, 5.41) is 3.90. The van der Waals surface area contributed by atoms with E-state index in [1.54, 1.807) is 24.3 Å². The molecule has 27 heavy (non-hydrogen) atoms. The Balaban J connectivity index is 1.81. The Morgan fingerprint density at radius 1 is 1.19 bits per heavy atom. The Labute approximate surface area is 168 Å². The Morgan fingerprint density at radius 3 is 2.48 bits per heavy atom. The van der Waals surface area contributed by atoms with Gasteiger partial charge in [-0.3, -0.25) is 4.79 Å². The number of carbonyl (C=O) groups excluding carboxylic acids is 1. The van der Waals surface area contributed by atoms with Gasteiger partial charge < -0.3 is 5.32 Å². The first-order chi connectivity index (χ1) is 12.9. The minimum Gasteiger partial charge on any atom is -0.310 e. The molecule has 2 unspecified atom stereocenters. The van der Waals surface area contributed by atoms with Crippen LogP contribution in [0.15, 0.2) is 36.5 Å². The van der Waals surface area contributed by atoms with Crippen molar-refractivity contribution in [3.8, 4) is 11.1 Å². The number of rotatable bonds is 3. The van der Waals surface area contributed by atoms with E-state index < -0.39 is 23.8 Å². The summed E-state index contributed by atoms with van der Waals surface area (Å²) in [4.78, 5) is 16.0. The number of hydrogen-bond acceptors (Lipinski definition) is 2. The average Bonchev–Trinajstić information content (AvgIpc) is 3.36. The van der Waals surface area contributed by atoms with E-state index in [0.29, 0.717) is 16.3 Å². The molecule has 138 valence electrons. The van der Waals surface area contributed by atoms with Crippen LogP contribution in [-0.4, -0.2) is 17.1 Å². The number of fused-ring (bicyclic) bond motifs is 1. The summed E-state index contributed by atoms with van der Waals surface area (Å²) in [5.74, 6) is -1.52. The molecule has 1 aromatic heterocycles. The van der Waals surface area contributed by atoms with Crippen molar-refractivity contribution in [1.82, 2.24) is 4.98 Å². The molecule has 0 saturated heterocycles. The highest BCUT2D eigenvalue weighted by atomic mass is 35.5. The van der Waals surface area contributed by atoms with Gasteiger partial charge in [-0.05, 0) is 36.1 Å². The highest BCUT2D eigenvalue weighted by Gasteiger charge is 2.43. The average molecular weight is 428 g/mol. The second-order valence-corrected chi connectivity index (χ2v) is 7.48. The third kappa shape index (κ3) is 3.35. The molecule has 2 atom stereocenters. The predicted octanol–water partition coefficient (Wildman–Crippen LogP) is 6.30. The molecule has 0 spiro atoms. The molecule has 8 heteroatoms. The van der Waals surface area contributed by atoms with E-state index in [-0.39, 0.29) is 32.9 Å². The maximum atomic E-state index is 14.9. The van der Waals surface area contributed by atoms with E-state index in [4.69, 9.17) is 34.8 Å². The molecule has 0 aliphatic heterocycles. The van der Waals surface area contributed by atoms with Gasteiger partial charge >= 0.3 is 0 Å². The second kappa shape index (κ2) is 6.89. The number of benzene rings is 2. The highest BCUT2D eigenvalue weighted by molar-refractivity contribution is 6.40. The van der Waals surface area contributed by atoms with Gasteiger partial charge in [-0.15, -0.1) is 0 Å². The lowest BCUT2D eigenvalue weighted by atomic mass is 10.0. The zero-order chi connectivity index (χ0) is 19.3. The molecular weight excluding hydrogens is 417 g/mol. The summed E-state index contributed by atoms with van der Waals surface area (Å²) in [6, 6.07) is 7.93. The molecule has 2 aromatic carbocycles. The van der Waals surface area contributed by atoms with Crippen molar-refractivity contribution in [3.05, 3.63) is 57.4 Å². The van der Waals surface area contributed by atoms with Crippen molar-refractivity contribution in [2.24, 2.45) is 5.92 Å². The van der Waals surface area contributed by atoms with Gasteiger partial charge in [0.15, 0.2) is 0 Å². The Bertz CT molecular complexity index is 1070. The standard InChI is InChI=1S/C19H11Cl3F2N2O/c20-12-2-1-3-13(21)16(12)10-4-8-5-15(26-19(27)9-6-14(9)23)25-7-11(8)17(22)18(10)24/h1-5,7,9,14H,6H2,(H,25,26,27). The van der Waals surface area contributed by atoms with E-state index in [9.17, 15) is 13.6 Å². The summed E-state index contributed by atoms with van der Waals surface area (Å²) in [5.41, 5.74) is 0.459. The zero-order valence-electron chi connectivity index (χ0n) is 13.6. The number of pyridine rings is 1. The van der Waals surface area contributed by atoms with Crippen LogP contribution in [0.4, 0.5) is 14.6 Å². The summed E-state index contributed by atoms with van der Waals surface area (Å²) in [6.45, 7) is 0. The molecule has 1 amide bonds. The number of nitrogens with zero attached hydrogens (tertiary/aromatic N) is 1. The molecule has 1 aliphatic rings.